The van der Waals surface area contributed by atoms with Gasteiger partial charge in [0.25, 0.3) is 0 Å². The van der Waals surface area contributed by atoms with Crippen molar-refractivity contribution in [2.45, 2.75) is 13.8 Å². The Morgan fingerprint density at radius 2 is 1.83 bits per heavy atom. The summed E-state index contributed by atoms with van der Waals surface area (Å²) in [5.41, 5.74) is -0.227. The Labute approximate surface area is 124 Å². The van der Waals surface area contributed by atoms with Crippen LogP contribution in [-0.2, 0) is 0 Å². The molecule has 0 amide bonds. The van der Waals surface area contributed by atoms with Crippen molar-refractivity contribution in [3.05, 3.63) is 43.8 Å². The van der Waals surface area contributed by atoms with Crippen LogP contribution in [0.25, 0.3) is 11.0 Å². The second-order valence-electron chi connectivity index (χ2n) is 3.78. The largest absolute Gasteiger partial charge is 1.00 e. The molecule has 0 aliphatic heterocycles. The van der Waals surface area contributed by atoms with Crippen LogP contribution in [0, 0.1) is 24.0 Å². The summed E-state index contributed by atoms with van der Waals surface area (Å²) in [6.45, 7) is 3.61. The molecule has 0 atom stereocenters. The fraction of sp³-hybridized carbons (Fsp3) is 0.182. The van der Waals surface area contributed by atoms with E-state index < -0.39 is 22.0 Å². The number of nitrogens with zero attached hydrogens (tertiary/aromatic N) is 1. The Morgan fingerprint density at radius 1 is 1.28 bits per heavy atom. The van der Waals surface area contributed by atoms with E-state index in [-0.39, 0.29) is 40.5 Å². The van der Waals surface area contributed by atoms with Crippen LogP contribution in [0.1, 0.15) is 11.1 Å². The predicted octanol–water partition coefficient (Wildman–Crippen LogP) is -0.972. The summed E-state index contributed by atoms with van der Waals surface area (Å²) >= 11 is 0. The number of benzene rings is 1. The van der Waals surface area contributed by atoms with Gasteiger partial charge in [0.05, 0.1) is 10.3 Å². The third-order valence-electron chi connectivity index (χ3n) is 2.65. The summed E-state index contributed by atoms with van der Waals surface area (Å²) in [4.78, 5) is 21.0. The zero-order valence-corrected chi connectivity index (χ0v) is 12.2. The van der Waals surface area contributed by atoms with Gasteiger partial charge in [-0.05, 0) is 37.1 Å². The van der Waals surface area contributed by atoms with Crippen molar-refractivity contribution >= 4 is 16.7 Å². The van der Waals surface area contributed by atoms with Gasteiger partial charge in [0.2, 0.25) is 5.75 Å². The summed E-state index contributed by atoms with van der Waals surface area (Å²) in [6, 6.07) is 3.12. The molecule has 0 radical (unpaired) electrons. The molecule has 0 fully saturated rings. The van der Waals surface area contributed by atoms with Gasteiger partial charge in [-0.1, -0.05) is 0 Å². The first-order valence-corrected chi connectivity index (χ1v) is 4.83. The first-order valence-electron chi connectivity index (χ1n) is 4.83. The minimum absolute atomic E-state index is 0. The zero-order chi connectivity index (χ0) is 12.7. The average Bonchev–Trinajstić information content (AvgIpc) is 2.21. The van der Waals surface area contributed by atoms with Gasteiger partial charge in [-0.2, -0.15) is 0 Å². The first kappa shape index (κ1) is 14.7. The van der Waals surface area contributed by atoms with Gasteiger partial charge < -0.3 is 9.52 Å². The smallest absolute Gasteiger partial charge is 0.501 e. The summed E-state index contributed by atoms with van der Waals surface area (Å²) < 4.78 is 4.81. The minimum Gasteiger partial charge on any atom is -0.501 e. The molecule has 0 bridgehead atoms. The van der Waals surface area contributed by atoms with Gasteiger partial charge in [0.15, 0.2) is 0 Å². The first-order chi connectivity index (χ1) is 7.91. The molecule has 6 nitrogen and oxygen atoms in total. The van der Waals surface area contributed by atoms with Crippen molar-refractivity contribution < 1.29 is 44.0 Å². The van der Waals surface area contributed by atoms with Gasteiger partial charge >= 0.3 is 40.9 Å². The van der Waals surface area contributed by atoms with E-state index in [2.05, 4.69) is 0 Å². The molecular weight excluding hydrogens is 249 g/mol. The molecule has 0 spiro atoms. The maximum absolute atomic E-state index is 11.3. The van der Waals surface area contributed by atoms with Crippen molar-refractivity contribution in [2.75, 3.05) is 0 Å². The van der Waals surface area contributed by atoms with E-state index in [1.807, 2.05) is 6.92 Å². The van der Waals surface area contributed by atoms with Gasteiger partial charge in [0, 0.05) is 0 Å². The standard InChI is InChI=1S/C11H9NO5.Na/c1-5-3-7-8(4-6(5)2)17-11(14)9(10(7)13)12(15)16;/h3-4,13H,1-2H3;/q;+1. The van der Waals surface area contributed by atoms with E-state index in [4.69, 9.17) is 4.42 Å². The van der Waals surface area contributed by atoms with Gasteiger partial charge in [0.1, 0.15) is 5.58 Å². The predicted molar refractivity (Wildman–Crippen MR) is 60.3 cm³/mol. The Morgan fingerprint density at radius 3 is 2.39 bits per heavy atom. The number of aromatic hydroxyl groups is 1. The number of hydrogen-bond donors (Lipinski definition) is 1. The second kappa shape index (κ2) is 5.09. The number of aryl methyl sites for hydroxylation is 2. The fourth-order valence-electron chi connectivity index (χ4n) is 1.59. The van der Waals surface area contributed by atoms with E-state index >= 15 is 0 Å². The molecule has 1 aromatic carbocycles. The number of nitro groups is 1. The molecule has 1 N–H and O–H groups in total. The van der Waals surface area contributed by atoms with E-state index in [1.165, 1.54) is 0 Å². The second-order valence-corrected chi connectivity index (χ2v) is 3.78. The molecule has 2 aromatic rings. The molecule has 0 saturated carbocycles. The third-order valence-corrected chi connectivity index (χ3v) is 2.65. The fourth-order valence-corrected chi connectivity index (χ4v) is 1.59. The Balaban J connectivity index is 0.00000162. The van der Waals surface area contributed by atoms with Crippen molar-refractivity contribution in [3.63, 3.8) is 0 Å². The summed E-state index contributed by atoms with van der Waals surface area (Å²) in [5, 5.41) is 20.5. The van der Waals surface area contributed by atoms with E-state index in [0.717, 1.165) is 11.1 Å². The summed E-state index contributed by atoms with van der Waals surface area (Å²) in [7, 11) is 0. The van der Waals surface area contributed by atoms with Crippen molar-refractivity contribution in [2.24, 2.45) is 0 Å². The average molecular weight is 258 g/mol. The molecular formula is C11H9NNaO5+. The monoisotopic (exact) mass is 258 g/mol. The quantitative estimate of drug-likeness (QED) is 0.307. The SMILES string of the molecule is Cc1cc2oc(=O)c([N+](=O)[O-])c(O)c2cc1C.[Na+]. The van der Waals surface area contributed by atoms with Crippen molar-refractivity contribution in [1.29, 1.82) is 0 Å². The Hall–Kier alpha value is -1.37. The molecule has 0 unspecified atom stereocenters. The number of hydrogen-bond acceptors (Lipinski definition) is 5. The molecule has 18 heavy (non-hydrogen) atoms. The Bertz CT molecular complexity index is 692. The maximum atomic E-state index is 11.3. The van der Waals surface area contributed by atoms with Gasteiger partial charge in [-0.3, -0.25) is 10.1 Å². The molecule has 1 heterocycles. The zero-order valence-electron chi connectivity index (χ0n) is 10.2. The Kier molecular flexibility index (Phi) is 4.16. The molecule has 2 rings (SSSR count). The summed E-state index contributed by atoms with van der Waals surface area (Å²) in [6.07, 6.45) is 0. The topological polar surface area (TPSA) is 93.6 Å². The molecule has 0 aliphatic carbocycles. The van der Waals surface area contributed by atoms with Crippen LogP contribution in [0.4, 0.5) is 5.69 Å². The maximum Gasteiger partial charge on any atom is 1.00 e. The van der Waals surface area contributed by atoms with E-state index in [9.17, 15) is 20.0 Å². The third kappa shape index (κ3) is 2.27. The van der Waals surface area contributed by atoms with Gasteiger partial charge in [-0.15, -0.1) is 0 Å². The normalized spacial score (nSPS) is 10.1. The molecule has 88 valence electrons. The van der Waals surface area contributed by atoms with Crippen LogP contribution in [0.5, 0.6) is 5.75 Å². The van der Waals surface area contributed by atoms with Gasteiger partial charge in [-0.25, -0.2) is 4.79 Å². The van der Waals surface area contributed by atoms with Crippen LogP contribution >= 0.6 is 0 Å². The molecule has 7 heteroatoms. The molecule has 1 aromatic heterocycles. The number of fused-ring (bicyclic) bond motifs is 1. The van der Waals surface area contributed by atoms with Crippen LogP contribution in [-0.4, -0.2) is 10.0 Å². The van der Waals surface area contributed by atoms with E-state index in [0.29, 0.717) is 0 Å². The molecule has 0 aliphatic rings. The van der Waals surface area contributed by atoms with Crippen LogP contribution < -0.4 is 35.2 Å². The van der Waals surface area contributed by atoms with Crippen molar-refractivity contribution in [3.8, 4) is 5.75 Å². The summed E-state index contributed by atoms with van der Waals surface area (Å²) in [5.74, 6) is -0.649. The van der Waals surface area contributed by atoms with E-state index in [1.54, 1.807) is 19.1 Å². The van der Waals surface area contributed by atoms with Crippen LogP contribution in [0.3, 0.4) is 0 Å². The molecule has 0 saturated heterocycles. The number of rotatable bonds is 1. The minimum atomic E-state index is -1.15. The van der Waals surface area contributed by atoms with Crippen LogP contribution in [0.2, 0.25) is 0 Å². The van der Waals surface area contributed by atoms with Crippen LogP contribution in [0.15, 0.2) is 21.3 Å². The van der Waals surface area contributed by atoms with Crippen molar-refractivity contribution in [1.82, 2.24) is 0 Å².